The fourth-order valence-electron chi connectivity index (χ4n) is 4.44. The van der Waals surface area contributed by atoms with Gasteiger partial charge < -0.3 is 14.7 Å². The third kappa shape index (κ3) is 1.80. The van der Waals surface area contributed by atoms with E-state index >= 15 is 0 Å². The Labute approximate surface area is 124 Å². The number of carbonyl (C=O) groups is 3. The van der Waals surface area contributed by atoms with Crippen molar-refractivity contribution in [2.75, 3.05) is 19.6 Å². The van der Waals surface area contributed by atoms with E-state index in [2.05, 4.69) is 0 Å². The van der Waals surface area contributed by atoms with Crippen molar-refractivity contribution in [2.45, 2.75) is 56.7 Å². The highest BCUT2D eigenvalue weighted by atomic mass is 16.2. The van der Waals surface area contributed by atoms with Crippen molar-refractivity contribution in [3.8, 4) is 0 Å². The average molecular weight is 291 g/mol. The standard InChI is InChI=1S/C15H21N3O3/c19-13-10-4-1-7-16(10)14(20)11-5-2-9-18(11)15(21)12-6-3-8-17(12)13/h10-12H,1-9H2/t10-,11-,12-/m0/s1. The van der Waals surface area contributed by atoms with Crippen LogP contribution in [0.15, 0.2) is 0 Å². The van der Waals surface area contributed by atoms with Crippen molar-refractivity contribution >= 4 is 17.7 Å². The van der Waals surface area contributed by atoms with Gasteiger partial charge >= 0.3 is 0 Å². The maximum absolute atomic E-state index is 12.8. The molecule has 21 heavy (non-hydrogen) atoms. The smallest absolute Gasteiger partial charge is 0.246 e. The van der Waals surface area contributed by atoms with Gasteiger partial charge in [-0.3, -0.25) is 14.4 Å². The van der Waals surface area contributed by atoms with Gasteiger partial charge in [0, 0.05) is 19.6 Å². The molecule has 3 amide bonds. The zero-order chi connectivity index (χ0) is 14.6. The summed E-state index contributed by atoms with van der Waals surface area (Å²) in [7, 11) is 0. The lowest BCUT2D eigenvalue weighted by molar-refractivity contribution is -0.144. The molecule has 0 aromatic carbocycles. The molecule has 0 aliphatic carbocycles. The number of carbonyl (C=O) groups excluding carboxylic acids is 3. The Bertz CT molecular complexity index is 399. The van der Waals surface area contributed by atoms with Gasteiger partial charge in [0.2, 0.25) is 17.7 Å². The summed E-state index contributed by atoms with van der Waals surface area (Å²) in [5.41, 5.74) is 0. The van der Waals surface area contributed by atoms with E-state index in [-0.39, 0.29) is 35.8 Å². The Morgan fingerprint density at radius 3 is 1.14 bits per heavy atom. The Morgan fingerprint density at radius 1 is 0.571 bits per heavy atom. The zero-order valence-electron chi connectivity index (χ0n) is 12.2. The molecule has 4 aliphatic rings. The van der Waals surface area contributed by atoms with Crippen LogP contribution in [0.1, 0.15) is 38.5 Å². The summed E-state index contributed by atoms with van der Waals surface area (Å²) in [6, 6.07) is -0.982. The molecule has 0 aromatic rings. The first kappa shape index (κ1) is 13.1. The van der Waals surface area contributed by atoms with Crippen LogP contribution >= 0.6 is 0 Å². The van der Waals surface area contributed by atoms with E-state index in [1.165, 1.54) is 0 Å². The fourth-order valence-corrected chi connectivity index (χ4v) is 4.44. The van der Waals surface area contributed by atoms with Gasteiger partial charge in [-0.25, -0.2) is 0 Å². The molecule has 114 valence electrons. The highest BCUT2D eigenvalue weighted by molar-refractivity contribution is 5.98. The lowest BCUT2D eigenvalue weighted by atomic mass is 10.1. The first-order valence-electron chi connectivity index (χ1n) is 8.10. The molecular formula is C15H21N3O3. The van der Waals surface area contributed by atoms with Crippen molar-refractivity contribution in [2.24, 2.45) is 0 Å². The molecular weight excluding hydrogens is 270 g/mol. The molecule has 4 saturated heterocycles. The second kappa shape index (κ2) is 4.71. The average Bonchev–Trinajstić information content (AvgIpc) is 3.22. The maximum Gasteiger partial charge on any atom is 0.246 e. The lowest BCUT2D eigenvalue weighted by Gasteiger charge is -2.29. The van der Waals surface area contributed by atoms with E-state index in [1.807, 2.05) is 0 Å². The third-order valence-corrected chi connectivity index (χ3v) is 5.46. The molecule has 0 saturated carbocycles. The maximum atomic E-state index is 12.8. The molecule has 0 unspecified atom stereocenters. The van der Waals surface area contributed by atoms with Crippen molar-refractivity contribution in [3.05, 3.63) is 0 Å². The van der Waals surface area contributed by atoms with Crippen LogP contribution < -0.4 is 0 Å². The monoisotopic (exact) mass is 291 g/mol. The minimum absolute atomic E-state index is 0.00197. The van der Waals surface area contributed by atoms with Crippen molar-refractivity contribution in [1.29, 1.82) is 0 Å². The SMILES string of the molecule is O=C1[C@@H]2CCCN2C(=O)[C@@H]2CCCN2C(=O)[C@@H]2CCCN12. The van der Waals surface area contributed by atoms with Gasteiger partial charge in [-0.2, -0.15) is 0 Å². The number of hydrogen-bond acceptors (Lipinski definition) is 3. The van der Waals surface area contributed by atoms with E-state index < -0.39 is 0 Å². The van der Waals surface area contributed by atoms with Gasteiger partial charge in [-0.1, -0.05) is 0 Å². The molecule has 0 radical (unpaired) electrons. The topological polar surface area (TPSA) is 60.9 Å². The van der Waals surface area contributed by atoms with Crippen LogP contribution in [-0.4, -0.2) is 70.2 Å². The van der Waals surface area contributed by atoms with Gasteiger partial charge in [0.25, 0.3) is 0 Å². The molecule has 4 fully saturated rings. The van der Waals surface area contributed by atoms with Gasteiger partial charge in [-0.15, -0.1) is 0 Å². The predicted octanol–water partition coefficient (Wildman–Crippen LogP) is -0.0270. The first-order valence-corrected chi connectivity index (χ1v) is 8.10. The minimum atomic E-state index is -0.327. The summed E-state index contributed by atoms with van der Waals surface area (Å²) in [4.78, 5) is 43.6. The van der Waals surface area contributed by atoms with Crippen LogP contribution in [0.3, 0.4) is 0 Å². The molecule has 0 aromatic heterocycles. The number of fused-ring (bicyclic) bond motifs is 3. The van der Waals surface area contributed by atoms with Crippen molar-refractivity contribution in [3.63, 3.8) is 0 Å². The van der Waals surface area contributed by atoms with E-state index in [1.54, 1.807) is 14.7 Å². The summed E-state index contributed by atoms with van der Waals surface area (Å²) < 4.78 is 0. The summed E-state index contributed by atoms with van der Waals surface area (Å²) >= 11 is 0. The van der Waals surface area contributed by atoms with E-state index in [0.717, 1.165) is 38.5 Å². The van der Waals surface area contributed by atoms with Gasteiger partial charge in [0.15, 0.2) is 0 Å². The van der Waals surface area contributed by atoms with Crippen LogP contribution in [0.2, 0.25) is 0 Å². The summed E-state index contributed by atoms with van der Waals surface area (Å²) in [5, 5.41) is 0. The Hall–Kier alpha value is -1.59. The van der Waals surface area contributed by atoms with Crippen LogP contribution in [0.25, 0.3) is 0 Å². The number of amides is 3. The second-order valence-corrected chi connectivity index (χ2v) is 6.57. The van der Waals surface area contributed by atoms with Crippen molar-refractivity contribution < 1.29 is 14.4 Å². The molecule has 6 nitrogen and oxygen atoms in total. The summed E-state index contributed by atoms with van der Waals surface area (Å²) in [5.74, 6) is -0.00591. The minimum Gasteiger partial charge on any atom is -0.329 e. The summed E-state index contributed by atoms with van der Waals surface area (Å²) in [6.45, 7) is 1.98. The zero-order valence-corrected chi connectivity index (χ0v) is 12.2. The number of rotatable bonds is 0. The highest BCUT2D eigenvalue weighted by Crippen LogP contribution is 2.32. The second-order valence-electron chi connectivity index (χ2n) is 6.57. The van der Waals surface area contributed by atoms with E-state index in [0.29, 0.717) is 19.6 Å². The largest absolute Gasteiger partial charge is 0.329 e. The molecule has 6 heteroatoms. The molecule has 4 aliphatic heterocycles. The Morgan fingerprint density at radius 2 is 0.857 bits per heavy atom. The third-order valence-electron chi connectivity index (χ3n) is 5.46. The molecule has 4 heterocycles. The highest BCUT2D eigenvalue weighted by Gasteiger charge is 2.49. The number of hydrogen-bond donors (Lipinski definition) is 0. The van der Waals surface area contributed by atoms with Gasteiger partial charge in [0.05, 0.1) is 0 Å². The Kier molecular flexibility index (Phi) is 2.94. The molecule has 0 spiro atoms. The molecule has 3 atom stereocenters. The quantitative estimate of drug-likeness (QED) is 0.630. The van der Waals surface area contributed by atoms with Crippen LogP contribution in [0.4, 0.5) is 0 Å². The lowest BCUT2D eigenvalue weighted by Crippen LogP contribution is -2.50. The van der Waals surface area contributed by atoms with Crippen LogP contribution in [0.5, 0.6) is 0 Å². The predicted molar refractivity (Wildman–Crippen MR) is 74.2 cm³/mol. The van der Waals surface area contributed by atoms with E-state index in [4.69, 9.17) is 0 Å². The van der Waals surface area contributed by atoms with E-state index in [9.17, 15) is 14.4 Å². The van der Waals surface area contributed by atoms with Crippen molar-refractivity contribution in [1.82, 2.24) is 14.7 Å². The van der Waals surface area contributed by atoms with Gasteiger partial charge in [-0.05, 0) is 38.5 Å². The summed E-state index contributed by atoms with van der Waals surface area (Å²) in [6.07, 6.45) is 4.90. The van der Waals surface area contributed by atoms with Gasteiger partial charge in [0.1, 0.15) is 18.1 Å². The first-order chi connectivity index (χ1) is 10.2. The normalized spacial score (nSPS) is 36.3. The molecule has 0 bridgehead atoms. The molecule has 4 rings (SSSR count). The van der Waals surface area contributed by atoms with Crippen LogP contribution in [0, 0.1) is 0 Å². The number of nitrogens with zero attached hydrogens (tertiary/aromatic N) is 3. The van der Waals surface area contributed by atoms with Crippen LogP contribution in [-0.2, 0) is 14.4 Å². The molecule has 0 N–H and O–H groups in total. The Balaban J connectivity index is 1.76. The fraction of sp³-hybridized carbons (Fsp3) is 0.800.